The van der Waals surface area contributed by atoms with Gasteiger partial charge in [-0.2, -0.15) is 0 Å². The summed E-state index contributed by atoms with van der Waals surface area (Å²) in [6.45, 7) is 4.17. The number of ether oxygens (including phenoxy) is 1. The van der Waals surface area contributed by atoms with Gasteiger partial charge < -0.3 is 4.74 Å². The van der Waals surface area contributed by atoms with Gasteiger partial charge in [-0.3, -0.25) is 4.79 Å². The second-order valence-electron chi connectivity index (χ2n) is 3.19. The Morgan fingerprint density at radius 3 is 2.73 bits per heavy atom. The Balaban J connectivity index is 2.38. The highest BCUT2D eigenvalue weighted by atomic mass is 16.5. The quantitative estimate of drug-likeness (QED) is 0.585. The van der Waals surface area contributed by atoms with Gasteiger partial charge in [0.2, 0.25) is 0 Å². The molecular weight excluding hydrogens is 140 g/mol. The number of esters is 1. The van der Waals surface area contributed by atoms with E-state index in [1.165, 1.54) is 0 Å². The standard InChI is InChI=1S/C9H16O2/c1-3-5-7-6-8(4-2)11-9(7)10/h7-8H,3-6H2,1-2H3. The summed E-state index contributed by atoms with van der Waals surface area (Å²) in [5.74, 6) is 0.226. The van der Waals surface area contributed by atoms with Gasteiger partial charge in [0.15, 0.2) is 0 Å². The first-order valence-corrected chi connectivity index (χ1v) is 4.48. The molecule has 0 radical (unpaired) electrons. The molecule has 0 aromatic rings. The molecule has 2 unspecified atom stereocenters. The SMILES string of the molecule is CCCC1CC(CC)OC1=O. The van der Waals surface area contributed by atoms with E-state index in [2.05, 4.69) is 13.8 Å². The second kappa shape index (κ2) is 3.74. The Labute approximate surface area is 67.9 Å². The molecule has 1 saturated heterocycles. The van der Waals surface area contributed by atoms with Crippen molar-refractivity contribution in [2.24, 2.45) is 5.92 Å². The third kappa shape index (κ3) is 1.95. The Morgan fingerprint density at radius 1 is 1.55 bits per heavy atom. The zero-order chi connectivity index (χ0) is 8.27. The number of hydrogen-bond acceptors (Lipinski definition) is 2. The summed E-state index contributed by atoms with van der Waals surface area (Å²) in [7, 11) is 0. The highest BCUT2D eigenvalue weighted by Crippen LogP contribution is 2.26. The van der Waals surface area contributed by atoms with Crippen LogP contribution < -0.4 is 0 Å². The summed E-state index contributed by atoms with van der Waals surface area (Å²) in [4.78, 5) is 11.1. The van der Waals surface area contributed by atoms with Gasteiger partial charge in [0.1, 0.15) is 6.10 Å². The maximum atomic E-state index is 11.1. The van der Waals surface area contributed by atoms with Gasteiger partial charge in [0.25, 0.3) is 0 Å². The fraction of sp³-hybridized carbons (Fsp3) is 0.889. The molecule has 0 aliphatic carbocycles. The largest absolute Gasteiger partial charge is 0.462 e. The Bertz CT molecular complexity index is 142. The lowest BCUT2D eigenvalue weighted by Gasteiger charge is -2.02. The number of cyclic esters (lactones) is 1. The van der Waals surface area contributed by atoms with E-state index in [0.29, 0.717) is 0 Å². The Hall–Kier alpha value is -0.530. The van der Waals surface area contributed by atoms with Crippen LogP contribution in [0.4, 0.5) is 0 Å². The van der Waals surface area contributed by atoms with Crippen molar-refractivity contribution < 1.29 is 9.53 Å². The summed E-state index contributed by atoms with van der Waals surface area (Å²) in [6, 6.07) is 0. The van der Waals surface area contributed by atoms with E-state index in [4.69, 9.17) is 4.74 Å². The van der Waals surface area contributed by atoms with Crippen molar-refractivity contribution in [1.82, 2.24) is 0 Å². The van der Waals surface area contributed by atoms with Gasteiger partial charge in [-0.15, -0.1) is 0 Å². The molecule has 0 aromatic carbocycles. The maximum Gasteiger partial charge on any atom is 0.309 e. The summed E-state index contributed by atoms with van der Waals surface area (Å²) >= 11 is 0. The molecule has 1 heterocycles. The molecule has 1 rings (SSSR count). The molecule has 2 heteroatoms. The number of carbonyl (C=O) groups is 1. The van der Waals surface area contributed by atoms with Crippen LogP contribution >= 0.6 is 0 Å². The summed E-state index contributed by atoms with van der Waals surface area (Å²) in [6.07, 6.45) is 4.19. The minimum absolute atomic E-state index is 0.0266. The van der Waals surface area contributed by atoms with Crippen LogP contribution in [0.5, 0.6) is 0 Å². The highest BCUT2D eigenvalue weighted by molar-refractivity contribution is 5.74. The van der Waals surface area contributed by atoms with E-state index in [-0.39, 0.29) is 18.0 Å². The molecule has 0 saturated carbocycles. The average Bonchev–Trinajstić information content (AvgIpc) is 2.33. The van der Waals surface area contributed by atoms with Crippen LogP contribution in [-0.4, -0.2) is 12.1 Å². The van der Waals surface area contributed by atoms with Crippen molar-refractivity contribution in [2.75, 3.05) is 0 Å². The fourth-order valence-electron chi connectivity index (χ4n) is 1.56. The zero-order valence-corrected chi connectivity index (χ0v) is 7.30. The molecule has 1 fully saturated rings. The lowest BCUT2D eigenvalue weighted by molar-refractivity contribution is -0.144. The zero-order valence-electron chi connectivity index (χ0n) is 7.30. The Kier molecular flexibility index (Phi) is 2.92. The average molecular weight is 156 g/mol. The first-order valence-electron chi connectivity index (χ1n) is 4.48. The molecule has 2 atom stereocenters. The summed E-state index contributed by atoms with van der Waals surface area (Å²) in [5, 5.41) is 0. The summed E-state index contributed by atoms with van der Waals surface area (Å²) < 4.78 is 5.14. The van der Waals surface area contributed by atoms with Gasteiger partial charge in [0.05, 0.1) is 5.92 Å². The number of rotatable bonds is 3. The van der Waals surface area contributed by atoms with Crippen LogP contribution in [0.3, 0.4) is 0 Å². The lowest BCUT2D eigenvalue weighted by atomic mass is 9.99. The Morgan fingerprint density at radius 2 is 2.27 bits per heavy atom. The van der Waals surface area contributed by atoms with Crippen molar-refractivity contribution in [1.29, 1.82) is 0 Å². The molecule has 64 valence electrons. The normalized spacial score (nSPS) is 30.5. The van der Waals surface area contributed by atoms with Crippen LogP contribution in [0.15, 0.2) is 0 Å². The van der Waals surface area contributed by atoms with Crippen LogP contribution in [0.1, 0.15) is 39.5 Å². The van der Waals surface area contributed by atoms with Crippen LogP contribution in [0.25, 0.3) is 0 Å². The topological polar surface area (TPSA) is 26.3 Å². The van der Waals surface area contributed by atoms with E-state index >= 15 is 0 Å². The maximum absolute atomic E-state index is 11.1. The molecule has 0 N–H and O–H groups in total. The second-order valence-corrected chi connectivity index (χ2v) is 3.19. The minimum Gasteiger partial charge on any atom is -0.462 e. The van der Waals surface area contributed by atoms with Gasteiger partial charge in [-0.05, 0) is 19.3 Å². The molecule has 0 amide bonds. The smallest absolute Gasteiger partial charge is 0.309 e. The van der Waals surface area contributed by atoms with E-state index < -0.39 is 0 Å². The van der Waals surface area contributed by atoms with E-state index in [0.717, 1.165) is 25.7 Å². The third-order valence-corrected chi connectivity index (χ3v) is 2.26. The first kappa shape index (κ1) is 8.57. The van der Waals surface area contributed by atoms with Crippen molar-refractivity contribution >= 4 is 5.97 Å². The number of carbonyl (C=O) groups excluding carboxylic acids is 1. The van der Waals surface area contributed by atoms with Gasteiger partial charge in [-0.25, -0.2) is 0 Å². The summed E-state index contributed by atoms with van der Waals surface area (Å²) in [5.41, 5.74) is 0. The lowest BCUT2D eigenvalue weighted by Crippen LogP contribution is -2.06. The molecule has 0 aromatic heterocycles. The molecule has 2 nitrogen and oxygen atoms in total. The molecule has 0 bridgehead atoms. The molecule has 1 aliphatic rings. The predicted octanol–water partition coefficient (Wildman–Crippen LogP) is 2.13. The van der Waals surface area contributed by atoms with E-state index in [9.17, 15) is 4.79 Å². The minimum atomic E-state index is 0.0266. The van der Waals surface area contributed by atoms with Crippen LogP contribution in [0.2, 0.25) is 0 Å². The van der Waals surface area contributed by atoms with Crippen LogP contribution in [-0.2, 0) is 9.53 Å². The first-order chi connectivity index (χ1) is 5.27. The van der Waals surface area contributed by atoms with Crippen molar-refractivity contribution in [3.63, 3.8) is 0 Å². The van der Waals surface area contributed by atoms with Gasteiger partial charge in [0, 0.05) is 0 Å². The predicted molar refractivity (Wildman–Crippen MR) is 43.2 cm³/mol. The number of hydrogen-bond donors (Lipinski definition) is 0. The van der Waals surface area contributed by atoms with Crippen molar-refractivity contribution in [3.8, 4) is 0 Å². The van der Waals surface area contributed by atoms with Gasteiger partial charge >= 0.3 is 5.97 Å². The fourth-order valence-corrected chi connectivity index (χ4v) is 1.56. The third-order valence-electron chi connectivity index (χ3n) is 2.26. The van der Waals surface area contributed by atoms with Crippen molar-refractivity contribution in [2.45, 2.75) is 45.6 Å². The van der Waals surface area contributed by atoms with E-state index in [1.807, 2.05) is 0 Å². The van der Waals surface area contributed by atoms with Crippen LogP contribution in [0, 0.1) is 5.92 Å². The highest BCUT2D eigenvalue weighted by Gasteiger charge is 2.32. The van der Waals surface area contributed by atoms with E-state index in [1.54, 1.807) is 0 Å². The molecule has 0 spiro atoms. The van der Waals surface area contributed by atoms with Gasteiger partial charge in [-0.1, -0.05) is 20.3 Å². The molecule has 11 heavy (non-hydrogen) atoms. The monoisotopic (exact) mass is 156 g/mol. The molecule has 1 aliphatic heterocycles. The van der Waals surface area contributed by atoms with Crippen molar-refractivity contribution in [3.05, 3.63) is 0 Å². The molecular formula is C9H16O2.